The number of rotatable bonds is 7. The first-order chi connectivity index (χ1) is 15.1. The van der Waals surface area contributed by atoms with Crippen molar-refractivity contribution in [1.82, 2.24) is 15.5 Å². The van der Waals surface area contributed by atoms with Gasteiger partial charge < -0.3 is 15.1 Å². The van der Waals surface area contributed by atoms with Crippen molar-refractivity contribution in [2.45, 2.75) is 36.9 Å². The van der Waals surface area contributed by atoms with Crippen LogP contribution in [-0.2, 0) is 4.79 Å². The summed E-state index contributed by atoms with van der Waals surface area (Å²) < 4.78 is 19.3. The molecule has 1 saturated carbocycles. The zero-order valence-electron chi connectivity index (χ0n) is 16.6. The van der Waals surface area contributed by atoms with Crippen molar-refractivity contribution < 1.29 is 18.4 Å². The summed E-state index contributed by atoms with van der Waals surface area (Å²) in [5.74, 6) is -0.932. The lowest BCUT2D eigenvalue weighted by Crippen LogP contribution is -2.33. The van der Waals surface area contributed by atoms with E-state index in [9.17, 15) is 14.0 Å². The zero-order valence-corrected chi connectivity index (χ0v) is 17.5. The number of carbonyl (C=O) groups is 2. The minimum absolute atomic E-state index is 0.00250. The molecule has 0 spiro atoms. The van der Waals surface area contributed by atoms with Gasteiger partial charge in [-0.3, -0.25) is 9.59 Å². The number of benzene rings is 2. The molecule has 4 rings (SSSR count). The van der Waals surface area contributed by atoms with Gasteiger partial charge in [-0.1, -0.05) is 48.9 Å². The van der Waals surface area contributed by atoms with E-state index in [4.69, 9.17) is 4.42 Å². The molecule has 2 amide bonds. The lowest BCUT2D eigenvalue weighted by molar-refractivity contribution is -0.113. The lowest BCUT2D eigenvalue weighted by atomic mass is 10.1. The molecular formula is C22H21FN4O3S. The van der Waals surface area contributed by atoms with Crippen LogP contribution in [0.25, 0.3) is 11.5 Å². The molecule has 0 radical (unpaired) electrons. The van der Waals surface area contributed by atoms with Gasteiger partial charge in [0.05, 0.1) is 22.6 Å². The molecule has 1 aliphatic rings. The summed E-state index contributed by atoms with van der Waals surface area (Å²) in [6.45, 7) is 0. The highest BCUT2D eigenvalue weighted by Gasteiger charge is 2.20. The third kappa shape index (κ3) is 5.29. The minimum atomic E-state index is -0.465. The van der Waals surface area contributed by atoms with Crippen LogP contribution >= 0.6 is 11.8 Å². The molecule has 0 unspecified atom stereocenters. The third-order valence-electron chi connectivity index (χ3n) is 4.97. The third-order valence-corrected chi connectivity index (χ3v) is 5.79. The van der Waals surface area contributed by atoms with Crippen molar-refractivity contribution in [3.63, 3.8) is 0 Å². The molecule has 9 heteroatoms. The number of hydrogen-bond acceptors (Lipinski definition) is 6. The normalized spacial score (nSPS) is 13.8. The van der Waals surface area contributed by atoms with Gasteiger partial charge in [0, 0.05) is 6.04 Å². The molecule has 0 aliphatic heterocycles. The molecule has 1 aromatic heterocycles. The molecule has 3 aromatic rings. The van der Waals surface area contributed by atoms with Crippen LogP contribution in [0.2, 0.25) is 0 Å². The van der Waals surface area contributed by atoms with Gasteiger partial charge >= 0.3 is 0 Å². The Morgan fingerprint density at radius 3 is 2.61 bits per heavy atom. The molecular weight excluding hydrogens is 419 g/mol. The molecule has 160 valence electrons. The summed E-state index contributed by atoms with van der Waals surface area (Å²) >= 11 is 1.03. The second kappa shape index (κ2) is 9.74. The smallest absolute Gasteiger partial charge is 0.277 e. The number of aromatic nitrogens is 2. The fourth-order valence-corrected chi connectivity index (χ4v) is 4.01. The number of carbonyl (C=O) groups excluding carboxylic acids is 2. The summed E-state index contributed by atoms with van der Waals surface area (Å²) in [5.41, 5.74) is 1.07. The Labute approximate surface area is 182 Å². The van der Waals surface area contributed by atoms with E-state index >= 15 is 0 Å². The number of thioether (sulfide) groups is 1. The van der Waals surface area contributed by atoms with E-state index in [1.54, 1.807) is 36.4 Å². The first kappa shape index (κ1) is 21.0. The maximum atomic E-state index is 13.8. The Kier molecular flexibility index (Phi) is 6.61. The largest absolute Gasteiger partial charge is 0.411 e. The molecule has 0 saturated heterocycles. The number of halogens is 1. The van der Waals surface area contributed by atoms with E-state index in [0.717, 1.165) is 37.4 Å². The van der Waals surface area contributed by atoms with E-state index in [1.165, 1.54) is 12.1 Å². The van der Waals surface area contributed by atoms with E-state index in [0.29, 0.717) is 11.3 Å². The Morgan fingerprint density at radius 1 is 1.06 bits per heavy atom. The van der Waals surface area contributed by atoms with Crippen LogP contribution in [0.4, 0.5) is 10.1 Å². The van der Waals surface area contributed by atoms with Gasteiger partial charge in [-0.15, -0.1) is 10.2 Å². The summed E-state index contributed by atoms with van der Waals surface area (Å²) in [4.78, 5) is 25.0. The van der Waals surface area contributed by atoms with Crippen LogP contribution in [0, 0.1) is 5.82 Å². The molecule has 2 N–H and O–H groups in total. The number of hydrogen-bond donors (Lipinski definition) is 2. The number of anilines is 1. The Balaban J connectivity index is 1.35. The van der Waals surface area contributed by atoms with Crippen molar-refractivity contribution in [3.8, 4) is 11.5 Å². The fourth-order valence-electron chi connectivity index (χ4n) is 3.45. The monoisotopic (exact) mass is 440 g/mol. The van der Waals surface area contributed by atoms with Crippen molar-refractivity contribution in [2.75, 3.05) is 11.1 Å². The minimum Gasteiger partial charge on any atom is -0.411 e. The van der Waals surface area contributed by atoms with Gasteiger partial charge in [-0.25, -0.2) is 4.39 Å². The van der Waals surface area contributed by atoms with Gasteiger partial charge in [0.15, 0.2) is 0 Å². The lowest BCUT2D eigenvalue weighted by Gasteiger charge is -2.14. The maximum Gasteiger partial charge on any atom is 0.277 e. The van der Waals surface area contributed by atoms with Crippen LogP contribution in [0.1, 0.15) is 36.0 Å². The zero-order chi connectivity index (χ0) is 21.6. The Morgan fingerprint density at radius 2 is 1.81 bits per heavy atom. The fraction of sp³-hybridized carbons (Fsp3) is 0.273. The number of para-hydroxylation sites is 1. The second-order valence-corrected chi connectivity index (χ2v) is 8.12. The first-order valence-electron chi connectivity index (χ1n) is 10.0. The quantitative estimate of drug-likeness (QED) is 0.533. The van der Waals surface area contributed by atoms with E-state index in [1.807, 2.05) is 0 Å². The van der Waals surface area contributed by atoms with E-state index < -0.39 is 5.82 Å². The molecule has 31 heavy (non-hydrogen) atoms. The molecule has 0 atom stereocenters. The predicted octanol–water partition coefficient (Wildman–Crippen LogP) is 4.28. The van der Waals surface area contributed by atoms with Gasteiger partial charge in [-0.05, 0) is 37.1 Å². The summed E-state index contributed by atoms with van der Waals surface area (Å²) in [6, 6.07) is 13.2. The summed E-state index contributed by atoms with van der Waals surface area (Å²) in [5, 5.41) is 13.6. The number of nitrogens with zero attached hydrogens (tertiary/aromatic N) is 2. The molecule has 0 bridgehead atoms. The van der Waals surface area contributed by atoms with Crippen LogP contribution in [0.15, 0.2) is 58.2 Å². The van der Waals surface area contributed by atoms with E-state index in [-0.39, 0.29) is 40.3 Å². The predicted molar refractivity (Wildman–Crippen MR) is 115 cm³/mol. The first-order valence-corrected chi connectivity index (χ1v) is 11.0. The molecule has 1 aliphatic carbocycles. The SMILES string of the molecule is O=C(CSc1nnc(-c2ccccc2F)o1)Nc1ccccc1C(=O)NC1CCCC1. The van der Waals surface area contributed by atoms with Crippen molar-refractivity contribution in [1.29, 1.82) is 0 Å². The van der Waals surface area contributed by atoms with Crippen LogP contribution in [-0.4, -0.2) is 33.8 Å². The van der Waals surface area contributed by atoms with Crippen LogP contribution < -0.4 is 10.6 Å². The number of nitrogens with one attached hydrogen (secondary N) is 2. The molecule has 7 nitrogen and oxygen atoms in total. The number of amides is 2. The standard InChI is InChI=1S/C22H21FN4O3S/c23-17-11-5-3-9-15(17)21-26-27-22(30-21)31-13-19(28)25-18-12-6-4-10-16(18)20(29)24-14-7-1-2-8-14/h3-6,9-12,14H,1-2,7-8,13H2,(H,24,29)(H,25,28). The Bertz CT molecular complexity index is 1080. The van der Waals surface area contributed by atoms with Crippen molar-refractivity contribution in [3.05, 3.63) is 59.9 Å². The van der Waals surface area contributed by atoms with Crippen molar-refractivity contribution in [2.24, 2.45) is 0 Å². The van der Waals surface area contributed by atoms with Gasteiger partial charge in [0.25, 0.3) is 17.0 Å². The Hall–Kier alpha value is -3.20. The molecule has 2 aromatic carbocycles. The molecule has 1 fully saturated rings. The highest BCUT2D eigenvalue weighted by molar-refractivity contribution is 7.99. The average molecular weight is 441 g/mol. The van der Waals surface area contributed by atoms with Crippen molar-refractivity contribution >= 4 is 29.3 Å². The molecule has 1 heterocycles. The summed E-state index contributed by atoms with van der Waals surface area (Å²) in [6.07, 6.45) is 4.20. The van der Waals surface area contributed by atoms with Gasteiger partial charge in [0.2, 0.25) is 5.91 Å². The van der Waals surface area contributed by atoms with Gasteiger partial charge in [0.1, 0.15) is 5.82 Å². The van der Waals surface area contributed by atoms with Crippen LogP contribution in [0.5, 0.6) is 0 Å². The highest BCUT2D eigenvalue weighted by Crippen LogP contribution is 2.25. The van der Waals surface area contributed by atoms with Gasteiger partial charge in [-0.2, -0.15) is 0 Å². The van der Waals surface area contributed by atoms with Crippen LogP contribution in [0.3, 0.4) is 0 Å². The second-order valence-electron chi connectivity index (χ2n) is 7.19. The van der Waals surface area contributed by atoms with E-state index in [2.05, 4.69) is 20.8 Å². The average Bonchev–Trinajstić information content (AvgIpc) is 3.45. The maximum absolute atomic E-state index is 13.8. The summed E-state index contributed by atoms with van der Waals surface area (Å²) in [7, 11) is 0. The topological polar surface area (TPSA) is 97.1 Å². The highest BCUT2D eigenvalue weighted by atomic mass is 32.2.